The Hall–Kier alpha value is -3.22. The molecule has 202 valence electrons. The summed E-state index contributed by atoms with van der Waals surface area (Å²) in [5.74, 6) is 0. The maximum atomic E-state index is 9.98. The van der Waals surface area contributed by atoms with E-state index in [1.165, 1.54) is 0 Å². The van der Waals surface area contributed by atoms with Crippen LogP contribution in [0.25, 0.3) is 10.9 Å². The number of hydrogen-bond donors (Lipinski definition) is 4. The molecule has 4 N–H and O–H groups in total. The summed E-state index contributed by atoms with van der Waals surface area (Å²) >= 11 is 13.4. The van der Waals surface area contributed by atoms with Crippen LogP contribution in [0.4, 0.5) is 11.4 Å². The molecule has 39 heavy (non-hydrogen) atoms. The first-order valence-corrected chi connectivity index (χ1v) is 13.9. The van der Waals surface area contributed by atoms with Crippen LogP contribution in [0.5, 0.6) is 0 Å². The predicted molar refractivity (Wildman–Crippen MR) is 155 cm³/mol. The molecule has 2 aromatic carbocycles. The summed E-state index contributed by atoms with van der Waals surface area (Å²) in [5, 5.41) is 20.6. The van der Waals surface area contributed by atoms with E-state index in [0.717, 1.165) is 19.3 Å². The fourth-order valence-corrected chi connectivity index (χ4v) is 5.63. The minimum atomic E-state index is -1.48. The van der Waals surface area contributed by atoms with Crippen molar-refractivity contribution in [3.63, 3.8) is 0 Å². The van der Waals surface area contributed by atoms with Crippen LogP contribution in [0, 0.1) is 16.7 Å². The number of nitrogens with zero attached hydrogens (tertiary/aromatic N) is 3. The van der Waals surface area contributed by atoms with E-state index in [1.807, 2.05) is 35.5 Å². The first kappa shape index (κ1) is 24.8. The predicted octanol–water partition coefficient (Wildman–Crippen LogP) is 6.12. The SMILES string of the molecule is [2H][C@](Nc1cc(Cl)c2ncc(C#N)c(NC3CCOCC3(C)C)c2c1)(C1=CN(C2CC2)NN1)c1ccccc1Cl. The van der Waals surface area contributed by atoms with E-state index in [2.05, 4.69) is 46.5 Å². The van der Waals surface area contributed by atoms with E-state index in [0.29, 0.717) is 68.4 Å². The molecule has 1 unspecified atom stereocenters. The molecule has 3 heterocycles. The Kier molecular flexibility index (Phi) is 6.61. The van der Waals surface area contributed by atoms with Gasteiger partial charge in [-0.2, -0.15) is 5.26 Å². The molecule has 0 amide bonds. The number of halogens is 2. The Balaban J connectivity index is 1.45. The Bertz CT molecular complexity index is 1540. The second-order valence-electron chi connectivity index (χ2n) is 10.9. The van der Waals surface area contributed by atoms with Crippen LogP contribution in [0.2, 0.25) is 10.0 Å². The largest absolute Gasteiger partial charge is 0.381 e. The number of nitrogens with one attached hydrogen (secondary N) is 4. The lowest BCUT2D eigenvalue weighted by molar-refractivity contribution is 0.00350. The van der Waals surface area contributed by atoms with E-state index < -0.39 is 6.02 Å². The van der Waals surface area contributed by atoms with Crippen molar-refractivity contribution in [2.45, 2.75) is 51.2 Å². The van der Waals surface area contributed by atoms with Crippen LogP contribution < -0.4 is 21.6 Å². The van der Waals surface area contributed by atoms with Gasteiger partial charge in [-0.05, 0) is 43.0 Å². The summed E-state index contributed by atoms with van der Waals surface area (Å²) in [6.07, 6.45) is 6.47. The third-order valence-electron chi connectivity index (χ3n) is 7.54. The molecule has 10 heteroatoms. The van der Waals surface area contributed by atoms with Crippen molar-refractivity contribution < 1.29 is 6.11 Å². The van der Waals surface area contributed by atoms with Crippen LogP contribution in [0.3, 0.4) is 0 Å². The maximum Gasteiger partial charge on any atom is 0.103 e. The molecule has 2 fully saturated rings. The van der Waals surface area contributed by atoms with E-state index in [-0.39, 0.29) is 11.5 Å². The number of anilines is 2. The van der Waals surface area contributed by atoms with Gasteiger partial charge in [-0.25, -0.2) is 0 Å². The first-order valence-electron chi connectivity index (χ1n) is 13.6. The number of fused-ring (bicyclic) bond motifs is 1. The van der Waals surface area contributed by atoms with Gasteiger partial charge in [0.2, 0.25) is 0 Å². The average Bonchev–Trinajstić information content (AvgIpc) is 3.65. The summed E-state index contributed by atoms with van der Waals surface area (Å²) in [6, 6.07) is 12.2. The molecule has 1 aromatic heterocycles. The van der Waals surface area contributed by atoms with Crippen LogP contribution in [0.1, 0.15) is 51.6 Å². The zero-order valence-corrected chi connectivity index (χ0v) is 23.3. The van der Waals surface area contributed by atoms with Gasteiger partial charge in [0.05, 0.1) is 41.5 Å². The van der Waals surface area contributed by atoms with Gasteiger partial charge in [0, 0.05) is 52.6 Å². The van der Waals surface area contributed by atoms with Gasteiger partial charge in [0.15, 0.2) is 0 Å². The number of rotatable bonds is 7. The molecule has 0 radical (unpaired) electrons. The van der Waals surface area contributed by atoms with Gasteiger partial charge in [0.1, 0.15) is 6.07 Å². The summed E-state index contributed by atoms with van der Waals surface area (Å²) in [7, 11) is 0. The summed E-state index contributed by atoms with van der Waals surface area (Å²) in [5.41, 5.74) is 9.64. The van der Waals surface area contributed by atoms with Crippen molar-refractivity contribution in [1.82, 2.24) is 21.0 Å². The number of benzene rings is 2. The van der Waals surface area contributed by atoms with E-state index in [4.69, 9.17) is 27.9 Å². The monoisotopic (exact) mass is 564 g/mol. The smallest absolute Gasteiger partial charge is 0.103 e. The number of hydrazine groups is 2. The third-order valence-corrected chi connectivity index (χ3v) is 8.16. The average molecular weight is 566 g/mol. The second-order valence-corrected chi connectivity index (χ2v) is 11.8. The van der Waals surface area contributed by atoms with Gasteiger partial charge in [-0.3, -0.25) is 9.99 Å². The number of pyridine rings is 1. The third kappa shape index (κ3) is 5.20. The molecular formula is C29H31Cl2N7O. The van der Waals surface area contributed by atoms with Crippen molar-refractivity contribution >= 4 is 45.5 Å². The molecule has 1 saturated carbocycles. The minimum Gasteiger partial charge on any atom is -0.381 e. The number of nitriles is 1. The van der Waals surface area contributed by atoms with Crippen molar-refractivity contribution in [3.8, 4) is 6.07 Å². The highest BCUT2D eigenvalue weighted by atomic mass is 35.5. The van der Waals surface area contributed by atoms with Crippen molar-refractivity contribution in [2.75, 3.05) is 23.8 Å². The molecule has 2 aliphatic heterocycles. The van der Waals surface area contributed by atoms with Gasteiger partial charge >= 0.3 is 0 Å². The van der Waals surface area contributed by atoms with Crippen molar-refractivity contribution in [2.24, 2.45) is 5.41 Å². The molecule has 6 rings (SSSR count). The molecule has 0 spiro atoms. The Morgan fingerprint density at radius 2 is 2.05 bits per heavy atom. The minimum absolute atomic E-state index is 0.0834. The summed E-state index contributed by atoms with van der Waals surface area (Å²) in [6.45, 7) is 5.57. The van der Waals surface area contributed by atoms with Gasteiger partial charge < -0.3 is 20.8 Å². The highest BCUT2D eigenvalue weighted by Crippen LogP contribution is 2.39. The Morgan fingerprint density at radius 3 is 2.79 bits per heavy atom. The molecule has 1 aliphatic carbocycles. The van der Waals surface area contributed by atoms with Crippen molar-refractivity contribution in [3.05, 3.63) is 75.7 Å². The fraction of sp³-hybridized carbons (Fsp3) is 0.379. The lowest BCUT2D eigenvalue weighted by Gasteiger charge is -2.39. The first-order chi connectivity index (χ1) is 19.2. The topological polar surface area (TPSA) is 97.3 Å². The highest BCUT2D eigenvalue weighted by Gasteiger charge is 2.35. The number of hydrogen-bond acceptors (Lipinski definition) is 8. The zero-order chi connectivity index (χ0) is 28.1. The molecule has 0 bridgehead atoms. The quantitative estimate of drug-likeness (QED) is 0.272. The maximum absolute atomic E-state index is 9.98. The lowest BCUT2D eigenvalue weighted by Crippen LogP contribution is -2.44. The summed E-state index contributed by atoms with van der Waals surface area (Å²) < 4.78 is 15.4. The normalized spacial score (nSPS) is 22.3. The summed E-state index contributed by atoms with van der Waals surface area (Å²) in [4.78, 5) is 4.51. The van der Waals surface area contributed by atoms with Crippen molar-refractivity contribution in [1.29, 1.82) is 5.26 Å². The number of aromatic nitrogens is 1. The molecule has 3 aliphatic rings. The molecule has 3 aromatic rings. The van der Waals surface area contributed by atoms with E-state index in [9.17, 15) is 6.63 Å². The van der Waals surface area contributed by atoms with E-state index in [1.54, 1.807) is 18.3 Å². The fourth-order valence-electron chi connectivity index (χ4n) is 5.13. The molecule has 8 nitrogen and oxygen atoms in total. The highest BCUT2D eigenvalue weighted by molar-refractivity contribution is 6.36. The Morgan fingerprint density at radius 1 is 1.23 bits per heavy atom. The van der Waals surface area contributed by atoms with Crippen LogP contribution >= 0.6 is 23.2 Å². The van der Waals surface area contributed by atoms with Crippen LogP contribution in [-0.2, 0) is 4.74 Å². The molecule has 2 atom stereocenters. The number of ether oxygens (including phenoxy) is 1. The van der Waals surface area contributed by atoms with E-state index >= 15 is 0 Å². The van der Waals surface area contributed by atoms with Crippen LogP contribution in [-0.4, -0.2) is 35.3 Å². The Labute approximate surface area is 239 Å². The van der Waals surface area contributed by atoms with Gasteiger partial charge in [-0.1, -0.05) is 55.2 Å². The van der Waals surface area contributed by atoms with Crippen LogP contribution in [0.15, 0.2) is 54.5 Å². The van der Waals surface area contributed by atoms with Gasteiger partial charge in [-0.15, -0.1) is 5.53 Å². The lowest BCUT2D eigenvalue weighted by atomic mass is 9.81. The second kappa shape index (κ2) is 10.4. The molecular weight excluding hydrogens is 533 g/mol. The zero-order valence-electron chi connectivity index (χ0n) is 22.8. The standard InChI is InChI=1S/C29H31Cl2N7O/c1-29(2)16-39-10-9-25(29)35-26-17(13-32)14-33-27-21(26)11-18(12-23(27)31)34-28(20-5-3-4-6-22(20)30)24-15-38(37-36-24)19-7-8-19/h3-6,11-12,14-15,19,25,28,34,36-37H,7-10,16H2,1-2H3,(H,33,35)/t25?,28-/m1/s1/i28D. The molecule has 1 saturated heterocycles. The van der Waals surface area contributed by atoms with Gasteiger partial charge in [0.25, 0.3) is 0 Å².